The molecule has 6 nitrogen and oxygen atoms in total. The maximum atomic E-state index is 15.8. The topological polar surface area (TPSA) is 90.5 Å². The second-order valence-electron chi connectivity index (χ2n) is 12.2. The number of hydrogen-bond acceptors (Lipinski definition) is 4. The molecule has 0 radical (unpaired) electrons. The van der Waals surface area contributed by atoms with E-state index >= 15 is 4.39 Å². The fourth-order valence-corrected chi connectivity index (χ4v) is 7.02. The molecule has 0 aromatic heterocycles. The maximum Gasteiger partial charge on any atom is 0.238 e. The number of rotatable bonds is 4. The zero-order chi connectivity index (χ0) is 28.3. The van der Waals surface area contributed by atoms with Gasteiger partial charge in [0.25, 0.3) is 0 Å². The van der Waals surface area contributed by atoms with E-state index in [1.165, 1.54) is 24.3 Å². The third-order valence-electron chi connectivity index (χ3n) is 8.34. The number of carbonyl (C=O) groups is 2. The highest BCUT2D eigenvalue weighted by Gasteiger charge is 2.66. The monoisotopic (exact) mass is 579 g/mol. The number of anilines is 1. The summed E-state index contributed by atoms with van der Waals surface area (Å²) in [6.07, 6.45) is 2.40. The van der Waals surface area contributed by atoms with Crippen LogP contribution >= 0.6 is 23.2 Å². The van der Waals surface area contributed by atoms with Crippen LogP contribution in [0.4, 0.5) is 14.5 Å². The van der Waals surface area contributed by atoms with Crippen LogP contribution in [0.15, 0.2) is 30.3 Å². The Bertz CT molecular complexity index is 1310. The van der Waals surface area contributed by atoms with Crippen molar-refractivity contribution in [3.8, 4) is 0 Å². The summed E-state index contributed by atoms with van der Waals surface area (Å²) in [7, 11) is 0. The Labute approximate surface area is 236 Å². The molecule has 2 heterocycles. The van der Waals surface area contributed by atoms with Gasteiger partial charge in [0.05, 0.1) is 22.2 Å². The summed E-state index contributed by atoms with van der Waals surface area (Å²) < 4.78 is 30.8. The number of nitrogens with one attached hydrogen (secondary N) is 3. The molecule has 2 aliphatic heterocycles. The highest BCUT2D eigenvalue weighted by Crippen LogP contribution is 2.57. The minimum atomic E-state index is -1.52. The van der Waals surface area contributed by atoms with Crippen LogP contribution in [0, 0.1) is 17.0 Å². The third-order valence-corrected chi connectivity index (χ3v) is 8.92. The molecule has 0 unspecified atom stereocenters. The molecule has 1 aliphatic carbocycles. The SMILES string of the molecule is CC(C)(C)C[C@@H]1N[C@@H](C(=O)NC2CCC(O)CC2)[C@H](c2cccc(Cl)c2F)[C@@]12C(=O)Nc1cc(Cl)c(F)cc12. The second kappa shape index (κ2) is 10.3. The molecule has 1 saturated heterocycles. The number of carbonyl (C=O) groups excluding carboxylic acids is 2. The number of fused-ring (bicyclic) bond motifs is 2. The van der Waals surface area contributed by atoms with E-state index in [9.17, 15) is 19.1 Å². The van der Waals surface area contributed by atoms with Gasteiger partial charge in [-0.1, -0.05) is 56.1 Å². The summed E-state index contributed by atoms with van der Waals surface area (Å²) in [4.78, 5) is 28.1. The van der Waals surface area contributed by atoms with E-state index in [0.29, 0.717) is 43.4 Å². The summed E-state index contributed by atoms with van der Waals surface area (Å²) in [6, 6.07) is 5.28. The molecule has 1 saturated carbocycles. The van der Waals surface area contributed by atoms with Crippen molar-refractivity contribution in [2.75, 3.05) is 5.32 Å². The van der Waals surface area contributed by atoms with Gasteiger partial charge in [0.15, 0.2) is 0 Å². The molecule has 210 valence electrons. The summed E-state index contributed by atoms with van der Waals surface area (Å²) in [5.41, 5.74) is -1.06. The standard InChI is InChI=1S/C29H33Cl2F2N3O3/c1-28(2,3)13-22-29(17-11-20(32)19(31)12-21(17)35-27(29)39)23(16-5-4-6-18(30)24(16)33)25(36-22)26(38)34-14-7-9-15(37)10-8-14/h4-6,11-12,14-15,22-23,25,36-37H,7-10,13H2,1-3H3,(H,34,38)(H,35,39)/t14?,15?,22-,23-,25+,29-/m0/s1. The van der Waals surface area contributed by atoms with Crippen molar-refractivity contribution in [3.63, 3.8) is 0 Å². The summed E-state index contributed by atoms with van der Waals surface area (Å²) in [6.45, 7) is 6.02. The van der Waals surface area contributed by atoms with E-state index < -0.39 is 47.1 Å². The van der Waals surface area contributed by atoms with Crippen molar-refractivity contribution in [2.45, 2.75) is 88.4 Å². The minimum absolute atomic E-state index is 0.101. The van der Waals surface area contributed by atoms with Crippen LogP contribution in [0.5, 0.6) is 0 Å². The molecule has 4 atom stereocenters. The zero-order valence-corrected chi connectivity index (χ0v) is 23.6. The molecule has 5 rings (SSSR count). The van der Waals surface area contributed by atoms with Crippen molar-refractivity contribution in [3.05, 3.63) is 63.1 Å². The number of amides is 2. The van der Waals surface area contributed by atoms with Gasteiger partial charge in [-0.25, -0.2) is 8.78 Å². The van der Waals surface area contributed by atoms with Gasteiger partial charge in [-0.2, -0.15) is 0 Å². The Kier molecular flexibility index (Phi) is 7.46. The van der Waals surface area contributed by atoms with Gasteiger partial charge >= 0.3 is 0 Å². The van der Waals surface area contributed by atoms with Crippen LogP contribution in [0.2, 0.25) is 10.0 Å². The lowest BCUT2D eigenvalue weighted by molar-refractivity contribution is -0.124. The number of hydrogen-bond donors (Lipinski definition) is 4. The number of aliphatic hydroxyl groups excluding tert-OH is 1. The van der Waals surface area contributed by atoms with E-state index in [2.05, 4.69) is 16.0 Å². The molecule has 2 aromatic rings. The molecule has 2 amide bonds. The lowest BCUT2D eigenvalue weighted by atomic mass is 9.62. The van der Waals surface area contributed by atoms with Gasteiger partial charge in [-0.15, -0.1) is 0 Å². The molecule has 3 aliphatic rings. The first-order valence-electron chi connectivity index (χ1n) is 13.3. The van der Waals surface area contributed by atoms with Crippen molar-refractivity contribution < 1.29 is 23.5 Å². The average Bonchev–Trinajstić information content (AvgIpc) is 3.32. The first-order chi connectivity index (χ1) is 18.3. The van der Waals surface area contributed by atoms with Crippen LogP contribution < -0.4 is 16.0 Å². The van der Waals surface area contributed by atoms with E-state index in [-0.39, 0.29) is 33.0 Å². The Hall–Kier alpha value is -2.26. The van der Waals surface area contributed by atoms with Gasteiger partial charge in [-0.05, 0) is 66.8 Å². The Morgan fingerprint density at radius 3 is 2.49 bits per heavy atom. The lowest BCUT2D eigenvalue weighted by Gasteiger charge is -2.38. The van der Waals surface area contributed by atoms with Gasteiger partial charge in [0.2, 0.25) is 11.8 Å². The summed E-state index contributed by atoms with van der Waals surface area (Å²) >= 11 is 12.3. The number of halogens is 4. The molecule has 0 bridgehead atoms. The quantitative estimate of drug-likeness (QED) is 0.388. The summed E-state index contributed by atoms with van der Waals surface area (Å²) in [5, 5.41) is 18.9. The fourth-order valence-electron chi connectivity index (χ4n) is 6.68. The lowest BCUT2D eigenvalue weighted by Crippen LogP contribution is -2.50. The van der Waals surface area contributed by atoms with E-state index in [4.69, 9.17) is 23.2 Å². The molecule has 1 spiro atoms. The van der Waals surface area contributed by atoms with E-state index in [0.717, 1.165) is 0 Å². The smallest absolute Gasteiger partial charge is 0.238 e. The molecule has 2 aromatic carbocycles. The normalized spacial score (nSPS) is 30.4. The predicted octanol–water partition coefficient (Wildman–Crippen LogP) is 5.44. The van der Waals surface area contributed by atoms with Crippen molar-refractivity contribution >= 4 is 40.7 Å². The predicted molar refractivity (Wildman–Crippen MR) is 147 cm³/mol. The van der Waals surface area contributed by atoms with Crippen molar-refractivity contribution in [1.82, 2.24) is 10.6 Å². The van der Waals surface area contributed by atoms with Crippen LogP contribution in [-0.2, 0) is 15.0 Å². The summed E-state index contributed by atoms with van der Waals surface area (Å²) in [5.74, 6) is -3.32. The van der Waals surface area contributed by atoms with Gasteiger partial charge < -0.3 is 21.1 Å². The Balaban J connectivity index is 1.69. The molecule has 10 heteroatoms. The highest BCUT2D eigenvalue weighted by molar-refractivity contribution is 6.31. The maximum absolute atomic E-state index is 15.8. The molecule has 2 fully saturated rings. The molecular formula is C29H33Cl2F2N3O3. The minimum Gasteiger partial charge on any atom is -0.393 e. The van der Waals surface area contributed by atoms with E-state index in [1.54, 1.807) is 6.07 Å². The molecular weight excluding hydrogens is 547 g/mol. The van der Waals surface area contributed by atoms with Crippen molar-refractivity contribution in [1.29, 1.82) is 0 Å². The fraction of sp³-hybridized carbons (Fsp3) is 0.517. The third kappa shape index (κ3) is 4.94. The highest BCUT2D eigenvalue weighted by atomic mass is 35.5. The average molecular weight is 581 g/mol. The van der Waals surface area contributed by atoms with Crippen LogP contribution in [-0.4, -0.2) is 41.2 Å². The number of aliphatic hydroxyl groups is 1. The number of benzene rings is 2. The second-order valence-corrected chi connectivity index (χ2v) is 13.0. The Morgan fingerprint density at radius 1 is 1.13 bits per heavy atom. The van der Waals surface area contributed by atoms with Crippen molar-refractivity contribution in [2.24, 2.45) is 5.41 Å². The first kappa shape index (κ1) is 28.3. The van der Waals surface area contributed by atoms with E-state index in [1.807, 2.05) is 20.8 Å². The van der Waals surface area contributed by atoms with Crippen LogP contribution in [0.25, 0.3) is 0 Å². The van der Waals surface area contributed by atoms with Gasteiger partial charge in [-0.3, -0.25) is 9.59 Å². The van der Waals surface area contributed by atoms with Gasteiger partial charge in [0, 0.05) is 23.7 Å². The van der Waals surface area contributed by atoms with Gasteiger partial charge in [0.1, 0.15) is 17.0 Å². The zero-order valence-electron chi connectivity index (χ0n) is 22.1. The largest absolute Gasteiger partial charge is 0.393 e. The van der Waals surface area contributed by atoms with Crippen LogP contribution in [0.1, 0.15) is 69.9 Å². The first-order valence-corrected chi connectivity index (χ1v) is 14.1. The van der Waals surface area contributed by atoms with Crippen LogP contribution in [0.3, 0.4) is 0 Å². The molecule has 4 N–H and O–H groups in total. The molecule has 39 heavy (non-hydrogen) atoms. The Morgan fingerprint density at radius 2 is 1.82 bits per heavy atom.